The molecule has 0 aromatic carbocycles. The number of nitrogens with zero attached hydrogens (tertiary/aromatic N) is 2. The molecule has 5 nitrogen and oxygen atoms in total. The number of likely N-dealkylation sites (N-methyl/N-ethyl adjacent to an activating group) is 1. The first-order chi connectivity index (χ1) is 9.43. The summed E-state index contributed by atoms with van der Waals surface area (Å²) in [6, 6.07) is 2.87. The third kappa shape index (κ3) is 5.01. The van der Waals surface area contributed by atoms with Gasteiger partial charge in [0.15, 0.2) is 6.61 Å². The number of rotatable bonds is 6. The van der Waals surface area contributed by atoms with Crippen LogP contribution in [-0.2, 0) is 9.53 Å². The molecule has 0 saturated carbocycles. The molecule has 1 rings (SSSR count). The van der Waals surface area contributed by atoms with Gasteiger partial charge in [0.2, 0.25) is 0 Å². The van der Waals surface area contributed by atoms with Crippen molar-refractivity contribution in [2.45, 2.75) is 13.8 Å². The summed E-state index contributed by atoms with van der Waals surface area (Å²) in [4.78, 5) is 28.9. The number of amides is 1. The highest BCUT2D eigenvalue weighted by Gasteiger charge is 2.15. The van der Waals surface area contributed by atoms with Crippen LogP contribution in [0.2, 0.25) is 5.15 Å². The molecule has 0 N–H and O–H groups in total. The second kappa shape index (κ2) is 7.65. The maximum absolute atomic E-state index is 11.9. The summed E-state index contributed by atoms with van der Waals surface area (Å²) >= 11 is 5.68. The maximum atomic E-state index is 11.9. The molecule has 0 aliphatic rings. The summed E-state index contributed by atoms with van der Waals surface area (Å²) in [5.74, 6) is -0.863. The van der Waals surface area contributed by atoms with E-state index in [1.807, 2.05) is 13.8 Å². The molecule has 1 aromatic rings. The van der Waals surface area contributed by atoms with Gasteiger partial charge in [-0.1, -0.05) is 23.8 Å². The lowest BCUT2D eigenvalue weighted by Crippen LogP contribution is -2.35. The number of hydrogen-bond acceptors (Lipinski definition) is 4. The zero-order valence-electron chi connectivity index (χ0n) is 11.6. The van der Waals surface area contributed by atoms with Crippen molar-refractivity contribution in [3.8, 4) is 0 Å². The largest absolute Gasteiger partial charge is 0.452 e. The number of ether oxygens (including phenoxy) is 1. The molecule has 0 radical (unpaired) electrons. The normalized spacial score (nSPS) is 9.95. The summed E-state index contributed by atoms with van der Waals surface area (Å²) in [5.41, 5.74) is 1.13. The van der Waals surface area contributed by atoms with E-state index in [4.69, 9.17) is 16.3 Å². The Morgan fingerprint density at radius 3 is 2.75 bits per heavy atom. The van der Waals surface area contributed by atoms with Gasteiger partial charge >= 0.3 is 5.97 Å². The first-order valence-electron chi connectivity index (χ1n) is 6.15. The molecule has 108 valence electrons. The summed E-state index contributed by atoms with van der Waals surface area (Å²) in [7, 11) is 0. The quantitative estimate of drug-likeness (QED) is 0.459. The standard InChI is InChI=1S/C14H17ClN2O3/c1-4-17(8-10(2)3)13(18)9-20-14(19)11-5-6-16-12(15)7-11/h5-7H,2,4,8-9H2,1,3H3. The first kappa shape index (κ1) is 16.2. The van der Waals surface area contributed by atoms with Crippen LogP contribution in [0.3, 0.4) is 0 Å². The number of pyridine rings is 1. The van der Waals surface area contributed by atoms with Crippen LogP contribution in [0.25, 0.3) is 0 Å². The van der Waals surface area contributed by atoms with E-state index in [0.29, 0.717) is 13.1 Å². The Bertz CT molecular complexity index is 517. The average Bonchev–Trinajstić information content (AvgIpc) is 2.41. The number of carbonyl (C=O) groups is 2. The van der Waals surface area contributed by atoms with Crippen LogP contribution in [0, 0.1) is 0 Å². The van der Waals surface area contributed by atoms with Crippen molar-refractivity contribution in [1.29, 1.82) is 0 Å². The Labute approximate surface area is 123 Å². The molecule has 0 unspecified atom stereocenters. The van der Waals surface area contributed by atoms with Gasteiger partial charge in [-0.3, -0.25) is 4.79 Å². The molecule has 0 spiro atoms. The second-order valence-corrected chi connectivity index (χ2v) is 4.70. The van der Waals surface area contributed by atoms with Crippen molar-refractivity contribution in [1.82, 2.24) is 9.88 Å². The van der Waals surface area contributed by atoms with Crippen LogP contribution in [0.4, 0.5) is 0 Å². The van der Waals surface area contributed by atoms with Gasteiger partial charge < -0.3 is 9.64 Å². The number of carbonyl (C=O) groups excluding carboxylic acids is 2. The lowest BCUT2D eigenvalue weighted by molar-refractivity contribution is -0.133. The topological polar surface area (TPSA) is 59.5 Å². The van der Waals surface area contributed by atoms with E-state index in [2.05, 4.69) is 11.6 Å². The van der Waals surface area contributed by atoms with E-state index in [1.54, 1.807) is 4.90 Å². The number of hydrogen-bond donors (Lipinski definition) is 0. The van der Waals surface area contributed by atoms with Crippen molar-refractivity contribution in [3.63, 3.8) is 0 Å². The molecule has 0 fully saturated rings. The fraction of sp³-hybridized carbons (Fsp3) is 0.357. The molecule has 0 bridgehead atoms. The fourth-order valence-electron chi connectivity index (χ4n) is 1.53. The maximum Gasteiger partial charge on any atom is 0.338 e. The van der Waals surface area contributed by atoms with Gasteiger partial charge in [0.25, 0.3) is 5.91 Å². The number of halogens is 1. The number of esters is 1. The van der Waals surface area contributed by atoms with Crippen molar-refractivity contribution < 1.29 is 14.3 Å². The van der Waals surface area contributed by atoms with E-state index in [0.717, 1.165) is 5.57 Å². The van der Waals surface area contributed by atoms with Crippen molar-refractivity contribution in [2.75, 3.05) is 19.7 Å². The van der Waals surface area contributed by atoms with Gasteiger partial charge in [-0.25, -0.2) is 9.78 Å². The zero-order chi connectivity index (χ0) is 15.1. The highest BCUT2D eigenvalue weighted by molar-refractivity contribution is 6.29. The molecule has 0 atom stereocenters. The Balaban J connectivity index is 2.55. The lowest BCUT2D eigenvalue weighted by atomic mass is 10.3. The van der Waals surface area contributed by atoms with Crippen LogP contribution in [0.5, 0.6) is 0 Å². The molecule has 0 aliphatic heterocycles. The van der Waals surface area contributed by atoms with Gasteiger partial charge in [-0.05, 0) is 26.0 Å². The molecule has 0 aliphatic carbocycles. The SMILES string of the molecule is C=C(C)CN(CC)C(=O)COC(=O)c1ccnc(Cl)c1. The van der Waals surface area contributed by atoms with Crippen LogP contribution in [-0.4, -0.2) is 41.5 Å². The molecule has 20 heavy (non-hydrogen) atoms. The van der Waals surface area contributed by atoms with E-state index in [9.17, 15) is 9.59 Å². The Hall–Kier alpha value is -1.88. The third-order valence-electron chi connectivity index (χ3n) is 2.48. The van der Waals surface area contributed by atoms with Gasteiger partial charge in [0.05, 0.1) is 5.56 Å². The van der Waals surface area contributed by atoms with E-state index < -0.39 is 5.97 Å². The van der Waals surface area contributed by atoms with Crippen LogP contribution in [0.15, 0.2) is 30.5 Å². The molecular weight excluding hydrogens is 280 g/mol. The Morgan fingerprint density at radius 1 is 1.50 bits per heavy atom. The molecule has 1 heterocycles. The fourth-order valence-corrected chi connectivity index (χ4v) is 1.71. The minimum Gasteiger partial charge on any atom is -0.452 e. The van der Waals surface area contributed by atoms with Crippen molar-refractivity contribution in [2.24, 2.45) is 0 Å². The minimum atomic E-state index is -0.603. The van der Waals surface area contributed by atoms with E-state index in [-0.39, 0.29) is 23.2 Å². The van der Waals surface area contributed by atoms with Gasteiger partial charge in [-0.2, -0.15) is 0 Å². The summed E-state index contributed by atoms with van der Waals surface area (Å²) in [6.45, 7) is 8.12. The van der Waals surface area contributed by atoms with Gasteiger partial charge in [0.1, 0.15) is 5.15 Å². The Kier molecular flexibility index (Phi) is 6.18. The molecule has 6 heteroatoms. The predicted octanol–water partition coefficient (Wildman–Crippen LogP) is 2.32. The second-order valence-electron chi connectivity index (χ2n) is 4.31. The summed E-state index contributed by atoms with van der Waals surface area (Å²) in [6.07, 6.45) is 1.40. The van der Waals surface area contributed by atoms with E-state index in [1.165, 1.54) is 18.3 Å². The predicted molar refractivity (Wildman–Crippen MR) is 76.6 cm³/mol. The highest BCUT2D eigenvalue weighted by atomic mass is 35.5. The van der Waals surface area contributed by atoms with Crippen molar-refractivity contribution in [3.05, 3.63) is 41.2 Å². The zero-order valence-corrected chi connectivity index (χ0v) is 12.3. The Morgan fingerprint density at radius 2 is 2.20 bits per heavy atom. The molecular formula is C14H17ClN2O3. The minimum absolute atomic E-state index is 0.197. The lowest BCUT2D eigenvalue weighted by Gasteiger charge is -2.20. The number of aromatic nitrogens is 1. The van der Waals surface area contributed by atoms with Crippen LogP contribution in [0.1, 0.15) is 24.2 Å². The molecule has 1 amide bonds. The van der Waals surface area contributed by atoms with Gasteiger partial charge in [0, 0.05) is 19.3 Å². The van der Waals surface area contributed by atoms with Gasteiger partial charge in [-0.15, -0.1) is 0 Å². The first-order valence-corrected chi connectivity index (χ1v) is 6.52. The molecule has 0 saturated heterocycles. The third-order valence-corrected chi connectivity index (χ3v) is 2.69. The highest BCUT2D eigenvalue weighted by Crippen LogP contribution is 2.08. The summed E-state index contributed by atoms with van der Waals surface area (Å²) in [5, 5.41) is 0.197. The van der Waals surface area contributed by atoms with Crippen molar-refractivity contribution >= 4 is 23.5 Å². The van der Waals surface area contributed by atoms with Crippen LogP contribution < -0.4 is 0 Å². The monoisotopic (exact) mass is 296 g/mol. The average molecular weight is 297 g/mol. The molecule has 1 aromatic heterocycles. The smallest absolute Gasteiger partial charge is 0.338 e. The van der Waals surface area contributed by atoms with Crippen LogP contribution >= 0.6 is 11.6 Å². The summed E-state index contributed by atoms with van der Waals surface area (Å²) < 4.78 is 4.96. The van der Waals surface area contributed by atoms with E-state index >= 15 is 0 Å².